The zero-order valence-electron chi connectivity index (χ0n) is 16.6. The van der Waals surface area contributed by atoms with Crippen LogP contribution < -0.4 is 10.2 Å². The van der Waals surface area contributed by atoms with Crippen molar-refractivity contribution in [2.24, 2.45) is 12.0 Å². The number of hydrogen-bond acceptors (Lipinski definition) is 3. The molecule has 0 aliphatic carbocycles. The SMILES string of the molecule is CN=C(NCc1cccc(N2CC=CC2)c1)N1CCC(c2cnn(C)c2)C1.I. The molecule has 1 fully saturated rings. The quantitative estimate of drug-likeness (QED) is 0.309. The lowest BCUT2D eigenvalue weighted by Crippen LogP contribution is -2.39. The number of aliphatic imine (C=N–C) groups is 1. The molecule has 1 aromatic carbocycles. The van der Waals surface area contributed by atoms with Crippen molar-refractivity contribution in [2.45, 2.75) is 18.9 Å². The molecule has 1 saturated heterocycles. The van der Waals surface area contributed by atoms with Gasteiger partial charge < -0.3 is 15.1 Å². The summed E-state index contributed by atoms with van der Waals surface area (Å²) in [4.78, 5) is 9.23. The molecule has 28 heavy (non-hydrogen) atoms. The van der Waals surface area contributed by atoms with Crippen LogP contribution in [-0.2, 0) is 13.6 Å². The maximum atomic E-state index is 4.51. The van der Waals surface area contributed by atoms with E-state index in [0.29, 0.717) is 5.92 Å². The van der Waals surface area contributed by atoms with Crippen LogP contribution in [-0.4, -0.2) is 53.9 Å². The first kappa shape index (κ1) is 20.7. The highest BCUT2D eigenvalue weighted by Crippen LogP contribution is 2.26. The largest absolute Gasteiger partial charge is 0.364 e. The van der Waals surface area contributed by atoms with Crippen molar-refractivity contribution < 1.29 is 0 Å². The standard InChI is InChI=1S/C21H28N6.HI/c1-22-21(27-11-8-18(16-27)19-14-24-25(2)15-19)23-13-17-6-5-7-20(12-17)26-9-3-4-10-26;/h3-7,12,14-15,18H,8-11,13,16H2,1-2H3,(H,22,23);1H. The number of halogens is 1. The molecule has 150 valence electrons. The van der Waals surface area contributed by atoms with Gasteiger partial charge in [-0.1, -0.05) is 24.3 Å². The molecule has 1 N–H and O–H groups in total. The summed E-state index contributed by atoms with van der Waals surface area (Å²) in [6, 6.07) is 8.78. The van der Waals surface area contributed by atoms with Crippen molar-refractivity contribution in [3.63, 3.8) is 0 Å². The zero-order valence-corrected chi connectivity index (χ0v) is 18.9. The average molecular weight is 492 g/mol. The van der Waals surface area contributed by atoms with E-state index in [1.807, 2.05) is 25.0 Å². The summed E-state index contributed by atoms with van der Waals surface area (Å²) < 4.78 is 1.88. The molecule has 0 saturated carbocycles. The minimum Gasteiger partial charge on any atom is -0.364 e. The highest BCUT2D eigenvalue weighted by molar-refractivity contribution is 14.0. The van der Waals surface area contributed by atoms with E-state index in [9.17, 15) is 0 Å². The second kappa shape index (κ2) is 9.45. The third-order valence-corrected chi connectivity index (χ3v) is 5.44. The van der Waals surface area contributed by atoms with Crippen LogP contribution in [0.1, 0.15) is 23.5 Å². The first-order chi connectivity index (χ1) is 13.2. The van der Waals surface area contributed by atoms with Crippen molar-refractivity contribution in [1.29, 1.82) is 0 Å². The van der Waals surface area contributed by atoms with Crippen molar-refractivity contribution in [2.75, 3.05) is 38.1 Å². The normalized spacial score (nSPS) is 19.2. The molecule has 2 aliphatic heterocycles. The van der Waals surface area contributed by atoms with Gasteiger partial charge in [0.1, 0.15) is 0 Å². The number of hydrogen-bond donors (Lipinski definition) is 1. The van der Waals surface area contributed by atoms with Gasteiger partial charge in [0.15, 0.2) is 5.96 Å². The fraction of sp³-hybridized carbons (Fsp3) is 0.429. The van der Waals surface area contributed by atoms with Crippen LogP contribution in [0, 0.1) is 0 Å². The Hall–Kier alpha value is -2.03. The Morgan fingerprint density at radius 1 is 1.29 bits per heavy atom. The van der Waals surface area contributed by atoms with E-state index in [4.69, 9.17) is 0 Å². The van der Waals surface area contributed by atoms with Gasteiger partial charge >= 0.3 is 0 Å². The van der Waals surface area contributed by atoms with E-state index < -0.39 is 0 Å². The molecule has 1 atom stereocenters. The Balaban J connectivity index is 0.00000225. The Morgan fingerprint density at radius 2 is 2.11 bits per heavy atom. The minimum atomic E-state index is 0. The Morgan fingerprint density at radius 3 is 2.82 bits per heavy atom. The molecule has 1 unspecified atom stereocenters. The molecule has 1 aromatic heterocycles. The van der Waals surface area contributed by atoms with E-state index in [2.05, 4.69) is 67.8 Å². The highest BCUT2D eigenvalue weighted by atomic mass is 127. The number of nitrogens with one attached hydrogen (secondary N) is 1. The second-order valence-corrected chi connectivity index (χ2v) is 7.33. The Kier molecular flexibility index (Phi) is 6.98. The summed E-state index contributed by atoms with van der Waals surface area (Å²) in [6.07, 6.45) is 9.70. The maximum Gasteiger partial charge on any atom is 0.193 e. The van der Waals surface area contributed by atoms with Crippen molar-refractivity contribution in [1.82, 2.24) is 20.0 Å². The maximum absolute atomic E-state index is 4.51. The molecular weight excluding hydrogens is 463 g/mol. The highest BCUT2D eigenvalue weighted by Gasteiger charge is 2.26. The predicted molar refractivity (Wildman–Crippen MR) is 126 cm³/mol. The van der Waals surface area contributed by atoms with Crippen molar-refractivity contribution in [3.8, 4) is 0 Å². The lowest BCUT2D eigenvalue weighted by molar-refractivity contribution is 0.486. The number of benzene rings is 1. The molecule has 0 bridgehead atoms. The zero-order chi connectivity index (χ0) is 18.6. The van der Waals surface area contributed by atoms with Gasteiger partial charge in [0.05, 0.1) is 6.20 Å². The number of likely N-dealkylation sites (tertiary alicyclic amines) is 1. The van der Waals surface area contributed by atoms with Crippen LogP contribution in [0.3, 0.4) is 0 Å². The lowest BCUT2D eigenvalue weighted by Gasteiger charge is -2.22. The van der Waals surface area contributed by atoms with Gasteiger partial charge in [-0.05, 0) is 29.7 Å². The third-order valence-electron chi connectivity index (χ3n) is 5.44. The van der Waals surface area contributed by atoms with Crippen LogP contribution in [0.15, 0.2) is 53.8 Å². The molecule has 3 heterocycles. The van der Waals surface area contributed by atoms with Crippen LogP contribution in [0.25, 0.3) is 0 Å². The third kappa shape index (κ3) is 4.68. The smallest absolute Gasteiger partial charge is 0.193 e. The molecular formula is C21H29IN6. The number of nitrogens with zero attached hydrogens (tertiary/aromatic N) is 5. The first-order valence-corrected chi connectivity index (χ1v) is 9.66. The van der Waals surface area contributed by atoms with Gasteiger partial charge in [-0.2, -0.15) is 5.10 Å². The van der Waals surface area contributed by atoms with Gasteiger partial charge in [0, 0.05) is 64.6 Å². The molecule has 0 spiro atoms. The summed E-state index contributed by atoms with van der Waals surface area (Å²) in [5.74, 6) is 1.51. The monoisotopic (exact) mass is 492 g/mol. The topological polar surface area (TPSA) is 48.7 Å². The van der Waals surface area contributed by atoms with Gasteiger partial charge in [-0.25, -0.2) is 0 Å². The fourth-order valence-corrected chi connectivity index (χ4v) is 3.94. The summed E-state index contributed by atoms with van der Waals surface area (Å²) in [6.45, 7) is 4.81. The van der Waals surface area contributed by atoms with E-state index >= 15 is 0 Å². The van der Waals surface area contributed by atoms with E-state index in [-0.39, 0.29) is 24.0 Å². The molecule has 4 rings (SSSR count). The number of anilines is 1. The molecule has 2 aromatic rings. The molecule has 6 nitrogen and oxygen atoms in total. The summed E-state index contributed by atoms with van der Waals surface area (Å²) >= 11 is 0. The van der Waals surface area contributed by atoms with Crippen molar-refractivity contribution >= 4 is 35.6 Å². The van der Waals surface area contributed by atoms with Gasteiger partial charge in [-0.3, -0.25) is 9.67 Å². The molecule has 0 amide bonds. The van der Waals surface area contributed by atoms with Crippen LogP contribution >= 0.6 is 24.0 Å². The lowest BCUT2D eigenvalue weighted by atomic mass is 10.0. The molecule has 0 radical (unpaired) electrons. The van der Waals surface area contributed by atoms with Crippen LogP contribution in [0.4, 0.5) is 5.69 Å². The Bertz CT molecular complexity index is 835. The predicted octanol–water partition coefficient (Wildman–Crippen LogP) is 2.98. The van der Waals surface area contributed by atoms with Crippen LogP contribution in [0.2, 0.25) is 0 Å². The summed E-state index contributed by atoms with van der Waals surface area (Å²) in [5, 5.41) is 7.86. The average Bonchev–Trinajstić information content (AvgIpc) is 3.44. The van der Waals surface area contributed by atoms with E-state index in [1.54, 1.807) is 0 Å². The van der Waals surface area contributed by atoms with Gasteiger partial charge in [0.25, 0.3) is 0 Å². The second-order valence-electron chi connectivity index (χ2n) is 7.33. The summed E-state index contributed by atoms with van der Waals surface area (Å²) in [5.41, 5.74) is 3.89. The fourth-order valence-electron chi connectivity index (χ4n) is 3.94. The number of aromatic nitrogens is 2. The summed E-state index contributed by atoms with van der Waals surface area (Å²) in [7, 11) is 3.84. The van der Waals surface area contributed by atoms with E-state index in [1.165, 1.54) is 16.8 Å². The Labute approximate surface area is 184 Å². The number of rotatable bonds is 4. The number of guanidine groups is 1. The molecule has 7 heteroatoms. The van der Waals surface area contributed by atoms with Gasteiger partial charge in [-0.15, -0.1) is 24.0 Å². The number of aryl methyl sites for hydroxylation is 1. The van der Waals surface area contributed by atoms with Crippen LogP contribution in [0.5, 0.6) is 0 Å². The van der Waals surface area contributed by atoms with Crippen molar-refractivity contribution in [3.05, 3.63) is 59.9 Å². The van der Waals surface area contributed by atoms with E-state index in [0.717, 1.165) is 45.1 Å². The minimum absolute atomic E-state index is 0. The van der Waals surface area contributed by atoms with Gasteiger partial charge in [0.2, 0.25) is 0 Å². The first-order valence-electron chi connectivity index (χ1n) is 9.66. The molecule has 2 aliphatic rings.